The first-order chi connectivity index (χ1) is 11.6. The SMILES string of the molecule is CCC(C)=C(/C=C\C(Cl)=NC)NC(=O)c1c(O)c(F)c(C)n(C)c1=O. The van der Waals surface area contributed by atoms with E-state index in [0.717, 1.165) is 10.1 Å². The van der Waals surface area contributed by atoms with E-state index in [-0.39, 0.29) is 10.9 Å². The zero-order valence-corrected chi connectivity index (χ0v) is 15.5. The van der Waals surface area contributed by atoms with Gasteiger partial charge in [0, 0.05) is 19.8 Å². The molecule has 0 spiro atoms. The molecule has 1 aromatic rings. The zero-order chi connectivity index (χ0) is 19.3. The van der Waals surface area contributed by atoms with E-state index in [9.17, 15) is 19.1 Å². The molecule has 0 atom stereocenters. The lowest BCUT2D eigenvalue weighted by Crippen LogP contribution is -2.33. The minimum Gasteiger partial charge on any atom is -0.504 e. The molecule has 0 aliphatic rings. The van der Waals surface area contributed by atoms with Crippen molar-refractivity contribution in [2.45, 2.75) is 27.2 Å². The Morgan fingerprint density at radius 2 is 2.04 bits per heavy atom. The van der Waals surface area contributed by atoms with Gasteiger partial charge in [0.2, 0.25) is 0 Å². The molecule has 6 nitrogen and oxygen atoms in total. The van der Waals surface area contributed by atoms with Gasteiger partial charge in [-0.15, -0.1) is 0 Å². The average molecular weight is 370 g/mol. The highest BCUT2D eigenvalue weighted by Gasteiger charge is 2.24. The second kappa shape index (κ2) is 8.62. The molecule has 0 unspecified atom stereocenters. The predicted octanol–water partition coefficient (Wildman–Crippen LogP) is 2.78. The Hall–Kier alpha value is -2.41. The lowest BCUT2D eigenvalue weighted by Gasteiger charge is -2.13. The Bertz CT molecular complexity index is 839. The lowest BCUT2D eigenvalue weighted by molar-refractivity contribution is 0.0960. The summed E-state index contributed by atoms with van der Waals surface area (Å²) in [4.78, 5) is 28.5. The van der Waals surface area contributed by atoms with Gasteiger partial charge in [0.25, 0.3) is 11.5 Å². The van der Waals surface area contributed by atoms with E-state index in [1.165, 1.54) is 33.2 Å². The van der Waals surface area contributed by atoms with Crippen LogP contribution in [0.25, 0.3) is 0 Å². The smallest absolute Gasteiger partial charge is 0.267 e. The highest BCUT2D eigenvalue weighted by Crippen LogP contribution is 2.21. The summed E-state index contributed by atoms with van der Waals surface area (Å²) >= 11 is 5.81. The highest BCUT2D eigenvalue weighted by atomic mass is 35.5. The Labute approximate surface area is 150 Å². The van der Waals surface area contributed by atoms with Crippen molar-refractivity contribution in [3.8, 4) is 5.75 Å². The molecule has 0 aliphatic carbocycles. The number of rotatable bonds is 5. The molecule has 0 radical (unpaired) electrons. The first kappa shape index (κ1) is 20.6. The van der Waals surface area contributed by atoms with Gasteiger partial charge in [-0.2, -0.15) is 0 Å². The number of amides is 1. The van der Waals surface area contributed by atoms with Crippen molar-refractivity contribution in [1.82, 2.24) is 9.88 Å². The summed E-state index contributed by atoms with van der Waals surface area (Å²) < 4.78 is 15.0. The maximum atomic E-state index is 14.0. The first-order valence-corrected chi connectivity index (χ1v) is 7.92. The van der Waals surface area contributed by atoms with Crippen LogP contribution in [0.3, 0.4) is 0 Å². The lowest BCUT2D eigenvalue weighted by atomic mass is 10.1. The molecule has 0 bridgehead atoms. The molecule has 0 saturated heterocycles. The van der Waals surface area contributed by atoms with Gasteiger partial charge < -0.3 is 15.0 Å². The number of hydrogen-bond acceptors (Lipinski definition) is 4. The number of nitrogens with zero attached hydrogens (tertiary/aromatic N) is 2. The number of halogens is 2. The number of aromatic hydroxyl groups is 1. The fourth-order valence-electron chi connectivity index (χ4n) is 1.95. The van der Waals surface area contributed by atoms with Crippen LogP contribution in [0.4, 0.5) is 4.39 Å². The van der Waals surface area contributed by atoms with Gasteiger partial charge in [-0.25, -0.2) is 4.39 Å². The second-order valence-electron chi connectivity index (χ2n) is 5.37. The first-order valence-electron chi connectivity index (χ1n) is 7.55. The third-order valence-corrected chi connectivity index (χ3v) is 4.15. The third kappa shape index (κ3) is 4.57. The molecule has 0 aliphatic heterocycles. The quantitative estimate of drug-likeness (QED) is 0.618. The standard InChI is InChI=1S/C17H21ClFN3O3/c1-6-9(2)11(7-8-12(18)20-4)21-16(24)13-15(23)14(19)10(3)22(5)17(13)25/h7-8,23H,6H2,1-5H3,(H,21,24)/b8-7-,11-9?,20-12?. The van der Waals surface area contributed by atoms with Crippen molar-refractivity contribution >= 4 is 22.7 Å². The van der Waals surface area contributed by atoms with E-state index < -0.39 is 28.6 Å². The fraction of sp³-hybridized carbons (Fsp3) is 0.353. The van der Waals surface area contributed by atoms with Crippen LogP contribution in [0, 0.1) is 12.7 Å². The molecule has 0 saturated carbocycles. The second-order valence-corrected chi connectivity index (χ2v) is 5.76. The molecule has 25 heavy (non-hydrogen) atoms. The Morgan fingerprint density at radius 1 is 1.44 bits per heavy atom. The molecule has 8 heteroatoms. The molecule has 0 aromatic carbocycles. The monoisotopic (exact) mass is 369 g/mol. The number of carbonyl (C=O) groups is 1. The van der Waals surface area contributed by atoms with E-state index in [1.54, 1.807) is 6.92 Å². The van der Waals surface area contributed by atoms with Crippen LogP contribution in [0.1, 0.15) is 36.3 Å². The number of nitrogens with one attached hydrogen (secondary N) is 1. The van der Waals surface area contributed by atoms with Crippen molar-refractivity contribution < 1.29 is 14.3 Å². The summed E-state index contributed by atoms with van der Waals surface area (Å²) in [5.74, 6) is -2.89. The van der Waals surface area contributed by atoms with E-state index in [1.807, 2.05) is 6.92 Å². The van der Waals surface area contributed by atoms with Gasteiger partial charge >= 0.3 is 0 Å². The van der Waals surface area contributed by atoms with E-state index in [0.29, 0.717) is 12.1 Å². The fourth-order valence-corrected chi connectivity index (χ4v) is 2.01. The Balaban J connectivity index is 3.37. The van der Waals surface area contributed by atoms with Gasteiger partial charge in [-0.3, -0.25) is 14.6 Å². The molecule has 1 rings (SSSR count). The van der Waals surface area contributed by atoms with Crippen LogP contribution in [-0.2, 0) is 7.05 Å². The van der Waals surface area contributed by atoms with Gasteiger partial charge in [0.05, 0.1) is 5.69 Å². The van der Waals surface area contributed by atoms with E-state index in [4.69, 9.17) is 11.6 Å². The third-order valence-electron chi connectivity index (χ3n) is 3.85. The molecule has 2 N–H and O–H groups in total. The van der Waals surface area contributed by atoms with Crippen molar-refractivity contribution in [1.29, 1.82) is 0 Å². The number of aliphatic imine (C=N–C) groups is 1. The number of allylic oxidation sites excluding steroid dienone is 3. The van der Waals surface area contributed by atoms with Crippen LogP contribution in [0.5, 0.6) is 5.75 Å². The summed E-state index contributed by atoms with van der Waals surface area (Å²) in [5, 5.41) is 12.6. The maximum absolute atomic E-state index is 14.0. The van der Waals surface area contributed by atoms with Crippen molar-refractivity contribution in [3.05, 3.63) is 50.9 Å². The summed E-state index contributed by atoms with van der Waals surface area (Å²) in [6.45, 7) is 5.00. The molecule has 1 amide bonds. The van der Waals surface area contributed by atoms with Gasteiger partial charge in [-0.05, 0) is 38.0 Å². The van der Waals surface area contributed by atoms with Gasteiger partial charge in [0.15, 0.2) is 11.6 Å². The largest absolute Gasteiger partial charge is 0.504 e. The summed E-state index contributed by atoms with van der Waals surface area (Å²) in [6, 6.07) is 0. The molecule has 1 heterocycles. The number of pyridine rings is 1. The topological polar surface area (TPSA) is 83.7 Å². The highest BCUT2D eigenvalue weighted by molar-refractivity contribution is 6.68. The number of carbonyl (C=O) groups excluding carboxylic acids is 1. The molecule has 1 aromatic heterocycles. The van der Waals surface area contributed by atoms with Crippen molar-refractivity contribution in [2.24, 2.45) is 12.0 Å². The minimum atomic E-state index is -1.01. The maximum Gasteiger partial charge on any atom is 0.267 e. The predicted molar refractivity (Wildman–Crippen MR) is 96.9 cm³/mol. The molecule has 0 fully saturated rings. The minimum absolute atomic E-state index is 0.0645. The van der Waals surface area contributed by atoms with Crippen LogP contribution >= 0.6 is 11.6 Å². The van der Waals surface area contributed by atoms with Crippen LogP contribution in [0.15, 0.2) is 33.2 Å². The molecule has 136 valence electrons. The number of hydrogen-bond donors (Lipinski definition) is 2. The Morgan fingerprint density at radius 3 is 2.56 bits per heavy atom. The van der Waals surface area contributed by atoms with Crippen LogP contribution in [0.2, 0.25) is 0 Å². The summed E-state index contributed by atoms with van der Waals surface area (Å²) in [5.41, 5.74) is -0.327. The van der Waals surface area contributed by atoms with Gasteiger partial charge in [0.1, 0.15) is 10.7 Å². The van der Waals surface area contributed by atoms with Crippen molar-refractivity contribution in [2.75, 3.05) is 7.05 Å². The van der Waals surface area contributed by atoms with Crippen molar-refractivity contribution in [3.63, 3.8) is 0 Å². The van der Waals surface area contributed by atoms with Crippen LogP contribution in [-0.4, -0.2) is 27.8 Å². The summed E-state index contributed by atoms with van der Waals surface area (Å²) in [6.07, 6.45) is 3.62. The van der Waals surface area contributed by atoms with E-state index >= 15 is 0 Å². The average Bonchev–Trinajstić information content (AvgIpc) is 2.60. The number of aromatic nitrogens is 1. The van der Waals surface area contributed by atoms with E-state index in [2.05, 4.69) is 10.3 Å². The van der Waals surface area contributed by atoms with Gasteiger partial charge in [-0.1, -0.05) is 18.5 Å². The molecular formula is C17H21ClFN3O3. The molecular weight excluding hydrogens is 349 g/mol. The summed E-state index contributed by atoms with van der Waals surface area (Å²) in [7, 11) is 2.83. The zero-order valence-electron chi connectivity index (χ0n) is 14.8. The van der Waals surface area contributed by atoms with Crippen LogP contribution < -0.4 is 10.9 Å². The Kier molecular flexibility index (Phi) is 7.11. The normalized spacial score (nSPS) is 13.2.